The molecule has 5 nitrogen and oxygen atoms in total. The number of benzene rings is 1. The quantitative estimate of drug-likeness (QED) is 0.540. The van der Waals surface area contributed by atoms with Crippen LogP contribution in [0.2, 0.25) is 0 Å². The number of imidazole rings is 1. The van der Waals surface area contributed by atoms with Gasteiger partial charge in [-0.25, -0.2) is 0 Å². The standard InChI is InChI=1S/C16H26N2O3SSi/c1-5-15(23(19-6-2,20-7-3)21-8-4)18-14-12-10-9-11-13(14)17-16(18)22/h9-12,15H,5-8H2,1-4H3,(H,17,22). The zero-order valence-corrected chi connectivity index (χ0v) is 16.1. The van der Waals surface area contributed by atoms with Crippen LogP contribution in [0.15, 0.2) is 24.3 Å². The van der Waals surface area contributed by atoms with E-state index in [0.717, 1.165) is 17.5 Å². The van der Waals surface area contributed by atoms with Gasteiger partial charge in [-0.3, -0.25) is 0 Å². The first kappa shape index (κ1) is 18.3. The Bertz CT molecular complexity index is 668. The predicted molar refractivity (Wildman–Crippen MR) is 97.1 cm³/mol. The van der Waals surface area contributed by atoms with Crippen LogP contribution in [-0.2, 0) is 13.3 Å². The molecule has 1 heterocycles. The summed E-state index contributed by atoms with van der Waals surface area (Å²) in [4.78, 5) is 3.27. The first-order valence-corrected chi connectivity index (χ1v) is 10.5. The molecule has 0 aliphatic carbocycles. The summed E-state index contributed by atoms with van der Waals surface area (Å²) >= 11 is 5.58. The molecule has 0 saturated carbocycles. The second-order valence-corrected chi connectivity index (χ2v) is 8.27. The van der Waals surface area contributed by atoms with E-state index in [2.05, 4.69) is 22.5 Å². The van der Waals surface area contributed by atoms with Gasteiger partial charge in [-0.2, -0.15) is 0 Å². The van der Waals surface area contributed by atoms with Gasteiger partial charge in [-0.15, -0.1) is 0 Å². The zero-order valence-electron chi connectivity index (χ0n) is 14.3. The molecule has 0 saturated heterocycles. The Balaban J connectivity index is 2.61. The molecule has 2 aromatic rings. The lowest BCUT2D eigenvalue weighted by Crippen LogP contribution is -2.53. The normalized spacial score (nSPS) is 13.6. The molecule has 0 radical (unpaired) electrons. The van der Waals surface area contributed by atoms with Crippen molar-refractivity contribution in [2.75, 3.05) is 19.8 Å². The van der Waals surface area contributed by atoms with Gasteiger partial charge in [0.1, 0.15) is 5.67 Å². The molecule has 0 aliphatic heterocycles. The topological polar surface area (TPSA) is 48.4 Å². The molecular weight excluding hydrogens is 328 g/mol. The van der Waals surface area contributed by atoms with E-state index in [9.17, 15) is 0 Å². The largest absolute Gasteiger partial charge is 0.525 e. The summed E-state index contributed by atoms with van der Waals surface area (Å²) in [6.45, 7) is 9.70. The highest BCUT2D eigenvalue weighted by atomic mass is 32.1. The van der Waals surface area contributed by atoms with Crippen LogP contribution in [0.1, 0.15) is 39.8 Å². The first-order chi connectivity index (χ1) is 11.1. The van der Waals surface area contributed by atoms with E-state index in [4.69, 9.17) is 25.5 Å². The summed E-state index contributed by atoms with van der Waals surface area (Å²) in [5.74, 6) is 0. The van der Waals surface area contributed by atoms with E-state index in [-0.39, 0.29) is 5.67 Å². The van der Waals surface area contributed by atoms with E-state index in [1.807, 2.05) is 39.0 Å². The maximum atomic E-state index is 6.10. The van der Waals surface area contributed by atoms with E-state index in [1.165, 1.54) is 0 Å². The fourth-order valence-electron chi connectivity index (χ4n) is 2.99. The Morgan fingerprint density at radius 1 is 1.04 bits per heavy atom. The Kier molecular flexibility index (Phi) is 6.55. The van der Waals surface area contributed by atoms with Crippen LogP contribution in [0.3, 0.4) is 0 Å². The van der Waals surface area contributed by atoms with Gasteiger partial charge in [-0.1, -0.05) is 19.1 Å². The lowest BCUT2D eigenvalue weighted by atomic mass is 10.3. The number of hydrogen-bond acceptors (Lipinski definition) is 4. The molecular formula is C16H26N2O3SSi. The molecule has 1 atom stereocenters. The van der Waals surface area contributed by atoms with E-state index >= 15 is 0 Å². The monoisotopic (exact) mass is 354 g/mol. The highest BCUT2D eigenvalue weighted by molar-refractivity contribution is 7.71. The molecule has 2 rings (SSSR count). The summed E-state index contributed by atoms with van der Waals surface area (Å²) in [5.41, 5.74) is 2.02. The summed E-state index contributed by atoms with van der Waals surface area (Å²) in [6, 6.07) is 8.10. The van der Waals surface area contributed by atoms with Crippen molar-refractivity contribution < 1.29 is 13.3 Å². The van der Waals surface area contributed by atoms with Crippen LogP contribution in [0.25, 0.3) is 11.0 Å². The van der Waals surface area contributed by atoms with Crippen molar-refractivity contribution in [3.63, 3.8) is 0 Å². The average molecular weight is 355 g/mol. The number of aromatic nitrogens is 2. The SMILES string of the molecule is CCO[Si](OCC)(OCC)C(CC)n1c(=S)[nH]c2ccccc21. The third-order valence-corrected chi connectivity index (χ3v) is 7.62. The van der Waals surface area contributed by atoms with Crippen molar-refractivity contribution >= 4 is 32.1 Å². The van der Waals surface area contributed by atoms with Gasteiger partial charge in [0.05, 0.1) is 11.0 Å². The molecule has 0 spiro atoms. The average Bonchev–Trinajstić information content (AvgIpc) is 2.85. The Morgan fingerprint density at radius 2 is 1.61 bits per heavy atom. The molecule has 1 unspecified atom stereocenters. The van der Waals surface area contributed by atoms with Crippen molar-refractivity contribution in [1.29, 1.82) is 0 Å². The van der Waals surface area contributed by atoms with Crippen molar-refractivity contribution in [2.45, 2.75) is 39.8 Å². The number of nitrogens with one attached hydrogen (secondary N) is 1. The minimum Gasteiger partial charge on any atom is -0.373 e. The maximum absolute atomic E-state index is 6.10. The zero-order chi connectivity index (χ0) is 16.9. The minimum atomic E-state index is -2.90. The molecule has 0 amide bonds. The number of rotatable bonds is 9. The van der Waals surface area contributed by atoms with Crippen LogP contribution in [-0.4, -0.2) is 38.2 Å². The Labute approximate surface area is 143 Å². The van der Waals surface area contributed by atoms with E-state index in [0.29, 0.717) is 24.6 Å². The van der Waals surface area contributed by atoms with E-state index in [1.54, 1.807) is 0 Å². The predicted octanol–water partition coefficient (Wildman–Crippen LogP) is 4.24. The number of para-hydroxylation sites is 2. The molecule has 7 heteroatoms. The minimum absolute atomic E-state index is 0.0500. The number of H-pyrrole nitrogens is 1. The lowest BCUT2D eigenvalue weighted by Gasteiger charge is -2.35. The fourth-order valence-corrected chi connectivity index (χ4v) is 6.54. The van der Waals surface area contributed by atoms with Gasteiger partial charge in [-0.05, 0) is 51.5 Å². The second kappa shape index (κ2) is 8.21. The van der Waals surface area contributed by atoms with Gasteiger partial charge in [0.15, 0.2) is 4.77 Å². The smallest absolute Gasteiger partial charge is 0.373 e. The van der Waals surface area contributed by atoms with Gasteiger partial charge in [0.2, 0.25) is 0 Å². The third kappa shape index (κ3) is 3.59. The molecule has 0 bridgehead atoms. The van der Waals surface area contributed by atoms with Gasteiger partial charge < -0.3 is 22.8 Å². The highest BCUT2D eigenvalue weighted by Gasteiger charge is 2.50. The number of aromatic amines is 1. The second-order valence-electron chi connectivity index (χ2n) is 5.14. The molecule has 0 fully saturated rings. The third-order valence-electron chi connectivity index (χ3n) is 3.77. The van der Waals surface area contributed by atoms with Crippen LogP contribution in [0.4, 0.5) is 0 Å². The summed E-state index contributed by atoms with van der Waals surface area (Å²) in [6.07, 6.45) is 0.822. The van der Waals surface area contributed by atoms with Crippen molar-refractivity contribution in [1.82, 2.24) is 9.55 Å². The molecule has 128 valence electrons. The molecule has 1 aromatic carbocycles. The summed E-state index contributed by atoms with van der Waals surface area (Å²) in [5, 5.41) is 0. The fraction of sp³-hybridized carbons (Fsp3) is 0.562. The van der Waals surface area contributed by atoms with Gasteiger partial charge in [0.25, 0.3) is 0 Å². The van der Waals surface area contributed by atoms with Crippen LogP contribution >= 0.6 is 12.2 Å². The Hall–Kier alpha value is -0.993. The molecule has 23 heavy (non-hydrogen) atoms. The van der Waals surface area contributed by atoms with Crippen LogP contribution < -0.4 is 0 Å². The molecule has 1 aromatic heterocycles. The van der Waals surface area contributed by atoms with E-state index < -0.39 is 8.80 Å². The summed E-state index contributed by atoms with van der Waals surface area (Å²) in [7, 11) is -2.90. The number of nitrogens with zero attached hydrogens (tertiary/aromatic N) is 1. The Morgan fingerprint density at radius 3 is 2.13 bits per heavy atom. The number of fused-ring (bicyclic) bond motifs is 1. The highest BCUT2D eigenvalue weighted by Crippen LogP contribution is 2.32. The van der Waals surface area contributed by atoms with Gasteiger partial charge >= 0.3 is 8.80 Å². The van der Waals surface area contributed by atoms with Crippen molar-refractivity contribution in [3.05, 3.63) is 29.0 Å². The van der Waals surface area contributed by atoms with Crippen LogP contribution in [0.5, 0.6) is 0 Å². The van der Waals surface area contributed by atoms with Crippen molar-refractivity contribution in [3.8, 4) is 0 Å². The number of hydrogen-bond donors (Lipinski definition) is 1. The maximum Gasteiger partial charge on any atom is 0.525 e. The van der Waals surface area contributed by atoms with Gasteiger partial charge in [0, 0.05) is 19.8 Å². The van der Waals surface area contributed by atoms with Crippen LogP contribution in [0, 0.1) is 4.77 Å². The van der Waals surface area contributed by atoms with Crippen molar-refractivity contribution in [2.24, 2.45) is 0 Å². The lowest BCUT2D eigenvalue weighted by molar-refractivity contribution is 0.0531. The summed E-state index contributed by atoms with van der Waals surface area (Å²) < 4.78 is 21.1. The first-order valence-electron chi connectivity index (χ1n) is 8.24. The molecule has 0 aliphatic rings. The molecule has 1 N–H and O–H groups in total.